The van der Waals surface area contributed by atoms with Crippen molar-refractivity contribution >= 4 is 11.7 Å². The van der Waals surface area contributed by atoms with Gasteiger partial charge in [0.1, 0.15) is 11.9 Å². The molecule has 1 unspecified atom stereocenters. The molecule has 1 aliphatic rings. The van der Waals surface area contributed by atoms with Crippen molar-refractivity contribution in [2.45, 2.75) is 18.9 Å². The molecule has 26 heavy (non-hydrogen) atoms. The quantitative estimate of drug-likeness (QED) is 0.786. The van der Waals surface area contributed by atoms with Gasteiger partial charge in [-0.15, -0.1) is 10.2 Å². The summed E-state index contributed by atoms with van der Waals surface area (Å²) in [6, 6.07) is 11.3. The number of benzene rings is 1. The summed E-state index contributed by atoms with van der Waals surface area (Å²) in [6.07, 6.45) is 1.05. The molecule has 2 aromatic rings. The lowest BCUT2D eigenvalue weighted by molar-refractivity contribution is -0.129. The Morgan fingerprint density at radius 1 is 1.23 bits per heavy atom. The van der Waals surface area contributed by atoms with E-state index in [4.69, 9.17) is 9.47 Å². The molecule has 0 spiro atoms. The molecule has 7 heteroatoms. The van der Waals surface area contributed by atoms with Crippen molar-refractivity contribution in [2.24, 2.45) is 0 Å². The van der Waals surface area contributed by atoms with Gasteiger partial charge < -0.3 is 19.3 Å². The van der Waals surface area contributed by atoms with Crippen molar-refractivity contribution in [3.8, 4) is 11.6 Å². The van der Waals surface area contributed by atoms with Crippen LogP contribution in [0.2, 0.25) is 0 Å². The summed E-state index contributed by atoms with van der Waals surface area (Å²) in [5.41, 5.74) is 0.898. The SMILES string of the molecule is COc1ccccc1CC(=O)N1CCC(Oc2ccc(N(C)C)nn2)C1. The second-order valence-corrected chi connectivity index (χ2v) is 6.48. The molecule has 0 bridgehead atoms. The van der Waals surface area contributed by atoms with Crippen LogP contribution in [0.25, 0.3) is 0 Å². The van der Waals surface area contributed by atoms with E-state index in [0.717, 1.165) is 23.6 Å². The van der Waals surface area contributed by atoms with E-state index in [9.17, 15) is 4.79 Å². The third kappa shape index (κ3) is 4.22. The summed E-state index contributed by atoms with van der Waals surface area (Å²) < 4.78 is 11.2. The average Bonchev–Trinajstić information content (AvgIpc) is 3.11. The molecule has 0 N–H and O–H groups in total. The fraction of sp³-hybridized carbons (Fsp3) is 0.421. The number of hydrogen-bond acceptors (Lipinski definition) is 6. The van der Waals surface area contributed by atoms with Crippen molar-refractivity contribution in [3.63, 3.8) is 0 Å². The average molecular weight is 356 g/mol. The van der Waals surface area contributed by atoms with E-state index in [0.29, 0.717) is 25.4 Å². The van der Waals surface area contributed by atoms with Gasteiger partial charge in [0.25, 0.3) is 0 Å². The van der Waals surface area contributed by atoms with E-state index >= 15 is 0 Å². The second kappa shape index (κ2) is 8.03. The van der Waals surface area contributed by atoms with Gasteiger partial charge in [-0.3, -0.25) is 4.79 Å². The minimum Gasteiger partial charge on any atom is -0.496 e. The van der Waals surface area contributed by atoms with Crippen molar-refractivity contribution in [2.75, 3.05) is 39.2 Å². The molecular formula is C19H24N4O3. The highest BCUT2D eigenvalue weighted by Crippen LogP contribution is 2.21. The van der Waals surface area contributed by atoms with E-state index in [1.807, 2.05) is 60.3 Å². The lowest BCUT2D eigenvalue weighted by Crippen LogP contribution is -2.32. The maximum absolute atomic E-state index is 12.6. The number of methoxy groups -OCH3 is 1. The smallest absolute Gasteiger partial charge is 0.233 e. The number of carbonyl (C=O) groups is 1. The first kappa shape index (κ1) is 18.0. The van der Waals surface area contributed by atoms with Crippen LogP contribution in [0.3, 0.4) is 0 Å². The van der Waals surface area contributed by atoms with Crippen molar-refractivity contribution in [3.05, 3.63) is 42.0 Å². The lowest BCUT2D eigenvalue weighted by Gasteiger charge is -2.18. The van der Waals surface area contributed by atoms with Crippen LogP contribution in [0.15, 0.2) is 36.4 Å². The van der Waals surface area contributed by atoms with Gasteiger partial charge in [-0.2, -0.15) is 0 Å². The Hall–Kier alpha value is -2.83. The largest absolute Gasteiger partial charge is 0.496 e. The molecule has 1 aromatic heterocycles. The minimum atomic E-state index is -0.0591. The van der Waals surface area contributed by atoms with Crippen LogP contribution in [0, 0.1) is 0 Å². The molecule has 1 amide bonds. The first-order chi connectivity index (χ1) is 12.6. The number of ether oxygens (including phenoxy) is 2. The highest BCUT2D eigenvalue weighted by Gasteiger charge is 2.28. The summed E-state index contributed by atoms with van der Waals surface area (Å²) in [7, 11) is 5.44. The van der Waals surface area contributed by atoms with Crippen LogP contribution >= 0.6 is 0 Å². The number of nitrogens with zero attached hydrogens (tertiary/aromatic N) is 4. The van der Waals surface area contributed by atoms with Gasteiger partial charge in [0.05, 0.1) is 20.1 Å². The van der Waals surface area contributed by atoms with Crippen LogP contribution in [-0.2, 0) is 11.2 Å². The molecule has 1 atom stereocenters. The summed E-state index contributed by atoms with van der Waals surface area (Å²) in [5.74, 6) is 2.08. The molecule has 3 rings (SSSR count). The Balaban J connectivity index is 1.55. The normalized spacial score (nSPS) is 16.4. The van der Waals surface area contributed by atoms with Crippen molar-refractivity contribution < 1.29 is 14.3 Å². The van der Waals surface area contributed by atoms with E-state index in [-0.39, 0.29) is 12.0 Å². The zero-order valence-corrected chi connectivity index (χ0v) is 15.4. The molecule has 1 saturated heterocycles. The van der Waals surface area contributed by atoms with Crippen LogP contribution < -0.4 is 14.4 Å². The first-order valence-electron chi connectivity index (χ1n) is 8.64. The predicted molar refractivity (Wildman–Crippen MR) is 98.7 cm³/mol. The molecule has 1 fully saturated rings. The molecule has 1 aromatic carbocycles. The number of likely N-dealkylation sites (tertiary alicyclic amines) is 1. The van der Waals surface area contributed by atoms with Crippen molar-refractivity contribution in [1.82, 2.24) is 15.1 Å². The summed E-state index contributed by atoms with van der Waals surface area (Å²) >= 11 is 0. The third-order valence-corrected chi connectivity index (χ3v) is 4.40. The maximum Gasteiger partial charge on any atom is 0.233 e. The third-order valence-electron chi connectivity index (χ3n) is 4.40. The van der Waals surface area contributed by atoms with E-state index < -0.39 is 0 Å². The zero-order valence-electron chi connectivity index (χ0n) is 15.4. The van der Waals surface area contributed by atoms with Gasteiger partial charge in [-0.1, -0.05) is 18.2 Å². The Morgan fingerprint density at radius 2 is 2.04 bits per heavy atom. The van der Waals surface area contributed by atoms with Gasteiger partial charge in [0.15, 0.2) is 5.82 Å². The Morgan fingerprint density at radius 3 is 2.73 bits per heavy atom. The summed E-state index contributed by atoms with van der Waals surface area (Å²) in [5, 5.41) is 8.20. The second-order valence-electron chi connectivity index (χ2n) is 6.48. The number of anilines is 1. The monoisotopic (exact) mass is 356 g/mol. The summed E-state index contributed by atoms with van der Waals surface area (Å²) in [6.45, 7) is 1.24. The standard InChI is InChI=1S/C19H24N4O3/c1-22(2)17-8-9-18(21-20-17)26-15-10-11-23(13-15)19(24)12-14-6-4-5-7-16(14)25-3/h4-9,15H,10-13H2,1-3H3. The predicted octanol–water partition coefficient (Wildman–Crippen LogP) is 1.77. The first-order valence-corrected chi connectivity index (χ1v) is 8.64. The Bertz CT molecular complexity index is 749. The fourth-order valence-corrected chi connectivity index (χ4v) is 2.96. The molecular weight excluding hydrogens is 332 g/mol. The lowest BCUT2D eigenvalue weighted by atomic mass is 10.1. The zero-order chi connectivity index (χ0) is 18.5. The van der Waals surface area contributed by atoms with E-state index in [2.05, 4.69) is 10.2 Å². The molecule has 1 aliphatic heterocycles. The highest BCUT2D eigenvalue weighted by atomic mass is 16.5. The fourth-order valence-electron chi connectivity index (χ4n) is 2.96. The van der Waals surface area contributed by atoms with Gasteiger partial charge in [0, 0.05) is 38.7 Å². The number of aromatic nitrogens is 2. The van der Waals surface area contributed by atoms with E-state index in [1.54, 1.807) is 7.11 Å². The topological polar surface area (TPSA) is 67.8 Å². The Kier molecular flexibility index (Phi) is 5.55. The van der Waals surface area contributed by atoms with Crippen LogP contribution in [0.4, 0.5) is 5.82 Å². The Labute approximate surface area is 153 Å². The molecule has 138 valence electrons. The van der Waals surface area contributed by atoms with E-state index in [1.165, 1.54) is 0 Å². The number of para-hydroxylation sites is 1. The van der Waals surface area contributed by atoms with Gasteiger partial charge >= 0.3 is 0 Å². The van der Waals surface area contributed by atoms with Gasteiger partial charge in [-0.05, 0) is 12.1 Å². The number of rotatable bonds is 6. The molecule has 0 aliphatic carbocycles. The van der Waals surface area contributed by atoms with Gasteiger partial charge in [0.2, 0.25) is 11.8 Å². The number of hydrogen-bond donors (Lipinski definition) is 0. The van der Waals surface area contributed by atoms with Crippen molar-refractivity contribution in [1.29, 1.82) is 0 Å². The van der Waals surface area contributed by atoms with Crippen LogP contribution in [-0.4, -0.2) is 61.4 Å². The van der Waals surface area contributed by atoms with Gasteiger partial charge in [-0.25, -0.2) is 0 Å². The van der Waals surface area contributed by atoms with Crippen LogP contribution in [0.5, 0.6) is 11.6 Å². The summed E-state index contributed by atoms with van der Waals surface area (Å²) in [4.78, 5) is 16.3. The maximum atomic E-state index is 12.6. The molecule has 7 nitrogen and oxygen atoms in total. The minimum absolute atomic E-state index is 0.0591. The number of amides is 1. The highest BCUT2D eigenvalue weighted by molar-refractivity contribution is 5.79. The van der Waals surface area contributed by atoms with Crippen LogP contribution in [0.1, 0.15) is 12.0 Å². The molecule has 0 radical (unpaired) electrons. The molecule has 0 saturated carbocycles. The number of carbonyl (C=O) groups excluding carboxylic acids is 1. The molecule has 2 heterocycles.